The van der Waals surface area contributed by atoms with E-state index in [-0.39, 0.29) is 0 Å². The largest absolute Gasteiger partial charge is 0.389 e. The Morgan fingerprint density at radius 1 is 1.56 bits per heavy atom. The molecule has 0 bridgehead atoms. The zero-order valence-electron chi connectivity index (χ0n) is 5.00. The number of hydrogen-bond donors (Lipinski definition) is 1. The fraction of sp³-hybridized carbons (Fsp3) is 0.800. The SMILES string of the molecule is CC(C=N)CC(F)(F)F. The molecule has 1 atom stereocenters. The normalized spacial score (nSPS) is 15.1. The molecule has 54 valence electrons. The Balaban J connectivity index is 3.59. The average molecular weight is 139 g/mol. The Kier molecular flexibility index (Phi) is 2.67. The molecular weight excluding hydrogens is 131 g/mol. The third-order valence-electron chi connectivity index (χ3n) is 0.838. The van der Waals surface area contributed by atoms with Crippen molar-refractivity contribution in [2.45, 2.75) is 19.5 Å². The van der Waals surface area contributed by atoms with Gasteiger partial charge in [-0.15, -0.1) is 0 Å². The van der Waals surface area contributed by atoms with Gasteiger partial charge in [-0.2, -0.15) is 13.2 Å². The van der Waals surface area contributed by atoms with Crippen molar-refractivity contribution in [1.29, 1.82) is 5.41 Å². The van der Waals surface area contributed by atoms with Crippen LogP contribution in [0.5, 0.6) is 0 Å². The molecule has 0 radical (unpaired) electrons. The zero-order valence-corrected chi connectivity index (χ0v) is 5.00. The van der Waals surface area contributed by atoms with Gasteiger partial charge in [0, 0.05) is 0 Å². The Morgan fingerprint density at radius 3 is 2.11 bits per heavy atom. The van der Waals surface area contributed by atoms with Crippen LogP contribution in [0.1, 0.15) is 13.3 Å². The molecule has 9 heavy (non-hydrogen) atoms. The van der Waals surface area contributed by atoms with Crippen molar-refractivity contribution < 1.29 is 13.2 Å². The molecule has 0 fully saturated rings. The number of hydrogen-bond acceptors (Lipinski definition) is 1. The summed E-state index contributed by atoms with van der Waals surface area (Å²) in [4.78, 5) is 0. The van der Waals surface area contributed by atoms with Gasteiger partial charge in [-0.05, 0) is 12.1 Å². The highest BCUT2D eigenvalue weighted by atomic mass is 19.4. The Hall–Kier alpha value is -0.540. The van der Waals surface area contributed by atoms with Gasteiger partial charge in [-0.25, -0.2) is 0 Å². The smallest absolute Gasteiger partial charge is 0.313 e. The van der Waals surface area contributed by atoms with Crippen LogP contribution in [0.4, 0.5) is 13.2 Å². The summed E-state index contributed by atoms with van der Waals surface area (Å²) in [5.41, 5.74) is 0. The third-order valence-corrected chi connectivity index (χ3v) is 0.838. The van der Waals surface area contributed by atoms with Crippen molar-refractivity contribution in [3.63, 3.8) is 0 Å². The zero-order chi connectivity index (χ0) is 7.49. The highest BCUT2D eigenvalue weighted by Crippen LogP contribution is 2.23. The minimum Gasteiger partial charge on any atom is -0.313 e. The Bertz CT molecular complexity index is 96.9. The molecule has 0 aliphatic rings. The van der Waals surface area contributed by atoms with E-state index in [1.165, 1.54) is 6.92 Å². The lowest BCUT2D eigenvalue weighted by Gasteiger charge is -2.07. The summed E-state index contributed by atoms with van der Waals surface area (Å²) in [6.45, 7) is 1.36. The van der Waals surface area contributed by atoms with Crippen molar-refractivity contribution in [2.24, 2.45) is 5.92 Å². The summed E-state index contributed by atoms with van der Waals surface area (Å²) in [6.07, 6.45) is -4.22. The monoisotopic (exact) mass is 139 g/mol. The molecule has 1 unspecified atom stereocenters. The number of halogens is 3. The van der Waals surface area contributed by atoms with Crippen molar-refractivity contribution in [3.05, 3.63) is 0 Å². The highest BCUT2D eigenvalue weighted by molar-refractivity contribution is 5.56. The van der Waals surface area contributed by atoms with Gasteiger partial charge in [-0.3, -0.25) is 0 Å². The molecule has 1 N–H and O–H groups in total. The summed E-state index contributed by atoms with van der Waals surface area (Å²) >= 11 is 0. The molecule has 0 rings (SSSR count). The fourth-order valence-corrected chi connectivity index (χ4v) is 0.424. The van der Waals surface area contributed by atoms with E-state index in [2.05, 4.69) is 0 Å². The van der Waals surface area contributed by atoms with E-state index < -0.39 is 18.5 Å². The van der Waals surface area contributed by atoms with Crippen LogP contribution in [0.25, 0.3) is 0 Å². The van der Waals surface area contributed by atoms with Crippen LogP contribution in [0.15, 0.2) is 0 Å². The van der Waals surface area contributed by atoms with E-state index >= 15 is 0 Å². The molecular formula is C5H8F3N. The first-order valence-corrected chi connectivity index (χ1v) is 2.53. The maximum absolute atomic E-state index is 11.4. The molecule has 0 heterocycles. The van der Waals surface area contributed by atoms with Gasteiger partial charge in [-0.1, -0.05) is 6.92 Å². The van der Waals surface area contributed by atoms with Crippen molar-refractivity contribution in [2.75, 3.05) is 0 Å². The Morgan fingerprint density at radius 2 is 2.00 bits per heavy atom. The second kappa shape index (κ2) is 2.85. The highest BCUT2D eigenvalue weighted by Gasteiger charge is 2.28. The number of rotatable bonds is 2. The van der Waals surface area contributed by atoms with E-state index in [0.29, 0.717) is 0 Å². The van der Waals surface area contributed by atoms with Gasteiger partial charge in [0.1, 0.15) is 0 Å². The number of nitrogens with one attached hydrogen (secondary N) is 1. The molecule has 0 aliphatic carbocycles. The summed E-state index contributed by atoms with van der Waals surface area (Å²) in [6, 6.07) is 0. The quantitative estimate of drug-likeness (QED) is 0.567. The summed E-state index contributed by atoms with van der Waals surface area (Å²) in [7, 11) is 0. The van der Waals surface area contributed by atoms with E-state index in [4.69, 9.17) is 5.41 Å². The van der Waals surface area contributed by atoms with E-state index in [1.807, 2.05) is 0 Å². The fourth-order valence-electron chi connectivity index (χ4n) is 0.424. The molecule has 0 spiro atoms. The van der Waals surface area contributed by atoms with Crippen LogP contribution >= 0.6 is 0 Å². The Labute approximate surface area is 51.4 Å². The average Bonchev–Trinajstić information content (AvgIpc) is 1.62. The molecule has 0 aliphatic heterocycles. The summed E-state index contributed by atoms with van der Waals surface area (Å²) in [5.74, 6) is -0.690. The molecule has 0 amide bonds. The second-order valence-electron chi connectivity index (χ2n) is 1.96. The predicted molar refractivity (Wildman–Crippen MR) is 28.6 cm³/mol. The number of alkyl halides is 3. The molecule has 0 saturated heterocycles. The van der Waals surface area contributed by atoms with Crippen LogP contribution in [-0.2, 0) is 0 Å². The second-order valence-corrected chi connectivity index (χ2v) is 1.96. The molecule has 0 aromatic carbocycles. The third kappa shape index (κ3) is 5.33. The van der Waals surface area contributed by atoms with E-state index in [9.17, 15) is 13.2 Å². The van der Waals surface area contributed by atoms with E-state index in [1.54, 1.807) is 0 Å². The molecule has 4 heteroatoms. The van der Waals surface area contributed by atoms with Gasteiger partial charge in [0.25, 0.3) is 0 Å². The first-order chi connectivity index (χ1) is 3.95. The first kappa shape index (κ1) is 8.46. The lowest BCUT2D eigenvalue weighted by molar-refractivity contribution is -0.138. The first-order valence-electron chi connectivity index (χ1n) is 2.53. The minimum atomic E-state index is -4.13. The summed E-state index contributed by atoms with van der Waals surface area (Å²) in [5, 5.41) is 6.46. The molecule has 0 saturated carbocycles. The van der Waals surface area contributed by atoms with Crippen LogP contribution in [0.3, 0.4) is 0 Å². The maximum Gasteiger partial charge on any atom is 0.389 e. The van der Waals surface area contributed by atoms with Gasteiger partial charge in [0.15, 0.2) is 0 Å². The lowest BCUT2D eigenvalue weighted by Crippen LogP contribution is -2.13. The molecule has 0 aromatic rings. The predicted octanol–water partition coefficient (Wildman–Crippen LogP) is 2.22. The van der Waals surface area contributed by atoms with Crippen molar-refractivity contribution >= 4 is 6.21 Å². The van der Waals surface area contributed by atoms with Crippen LogP contribution in [0.2, 0.25) is 0 Å². The summed E-state index contributed by atoms with van der Waals surface area (Å²) < 4.78 is 34.2. The van der Waals surface area contributed by atoms with Crippen LogP contribution in [0, 0.1) is 11.3 Å². The van der Waals surface area contributed by atoms with Gasteiger partial charge in [0.05, 0.1) is 6.42 Å². The van der Waals surface area contributed by atoms with Crippen molar-refractivity contribution in [1.82, 2.24) is 0 Å². The topological polar surface area (TPSA) is 23.9 Å². The molecule has 0 aromatic heterocycles. The van der Waals surface area contributed by atoms with Crippen molar-refractivity contribution in [3.8, 4) is 0 Å². The lowest BCUT2D eigenvalue weighted by atomic mass is 10.1. The van der Waals surface area contributed by atoms with Gasteiger partial charge in [0.2, 0.25) is 0 Å². The maximum atomic E-state index is 11.4. The van der Waals surface area contributed by atoms with Gasteiger partial charge >= 0.3 is 6.18 Å². The minimum absolute atomic E-state index is 0.690. The molecule has 1 nitrogen and oxygen atoms in total. The van der Waals surface area contributed by atoms with Crippen LogP contribution in [-0.4, -0.2) is 12.4 Å². The van der Waals surface area contributed by atoms with Gasteiger partial charge < -0.3 is 5.41 Å². The van der Waals surface area contributed by atoms with E-state index in [0.717, 1.165) is 6.21 Å². The van der Waals surface area contributed by atoms with Crippen LogP contribution < -0.4 is 0 Å². The standard InChI is InChI=1S/C5H8F3N/c1-4(3-9)2-5(6,7)8/h3-4,9H,2H2,1H3.